The van der Waals surface area contributed by atoms with Gasteiger partial charge in [0.15, 0.2) is 11.5 Å². The number of hydrogen-bond donors (Lipinski definition) is 1. The second-order valence-corrected chi connectivity index (χ2v) is 7.65. The summed E-state index contributed by atoms with van der Waals surface area (Å²) >= 11 is 0. The van der Waals surface area contributed by atoms with Crippen LogP contribution in [0.25, 0.3) is 0 Å². The van der Waals surface area contributed by atoms with Crippen LogP contribution in [-0.4, -0.2) is 54.5 Å². The van der Waals surface area contributed by atoms with Crippen LogP contribution in [0.4, 0.5) is 4.79 Å². The summed E-state index contributed by atoms with van der Waals surface area (Å²) in [5.41, 5.74) is 3.10. The molecule has 2 aliphatic heterocycles. The lowest BCUT2D eigenvalue weighted by atomic mass is 9.99. The highest BCUT2D eigenvalue weighted by Crippen LogP contribution is 2.28. The van der Waals surface area contributed by atoms with Crippen LogP contribution < -0.4 is 14.8 Å². The third-order valence-corrected chi connectivity index (χ3v) is 5.76. The monoisotopic (exact) mass is 423 g/mol. The number of fused-ring (bicyclic) bond motifs is 1. The number of methoxy groups -OCH3 is 2. The Morgan fingerprint density at radius 2 is 1.81 bits per heavy atom. The molecule has 1 saturated heterocycles. The van der Waals surface area contributed by atoms with Crippen LogP contribution in [0.5, 0.6) is 11.5 Å². The van der Waals surface area contributed by atoms with Gasteiger partial charge in [0, 0.05) is 13.1 Å². The average Bonchev–Trinajstić information content (AvgIpc) is 3.05. The molecule has 0 bridgehead atoms. The average molecular weight is 423 g/mol. The van der Waals surface area contributed by atoms with Crippen LogP contribution in [0.3, 0.4) is 0 Å². The fraction of sp³-hybridized carbons (Fsp3) is 0.348. The molecule has 4 rings (SSSR count). The van der Waals surface area contributed by atoms with E-state index >= 15 is 0 Å². The van der Waals surface area contributed by atoms with Gasteiger partial charge in [-0.3, -0.25) is 14.5 Å². The first-order chi connectivity index (χ1) is 15.0. The van der Waals surface area contributed by atoms with Crippen molar-refractivity contribution >= 4 is 17.8 Å². The van der Waals surface area contributed by atoms with Crippen molar-refractivity contribution in [1.82, 2.24) is 15.1 Å². The second-order valence-electron chi connectivity index (χ2n) is 7.65. The minimum Gasteiger partial charge on any atom is -0.493 e. The summed E-state index contributed by atoms with van der Waals surface area (Å²) in [6.45, 7) is 1.23. The van der Waals surface area contributed by atoms with E-state index in [1.807, 2.05) is 18.2 Å². The Morgan fingerprint density at radius 1 is 1.06 bits per heavy atom. The SMILES string of the molecule is COc1ccc(CN2C(=O)NC(CC(=O)N3CCc4ccccc4C3)C2=O)cc1OC. The van der Waals surface area contributed by atoms with E-state index in [-0.39, 0.29) is 18.9 Å². The zero-order valence-electron chi connectivity index (χ0n) is 17.6. The highest BCUT2D eigenvalue weighted by Gasteiger charge is 2.40. The van der Waals surface area contributed by atoms with Gasteiger partial charge in [0.05, 0.1) is 27.2 Å². The van der Waals surface area contributed by atoms with Gasteiger partial charge in [0.25, 0.3) is 5.91 Å². The lowest BCUT2D eigenvalue weighted by Gasteiger charge is -2.29. The Labute approximate surface area is 180 Å². The molecule has 0 spiro atoms. The molecular weight excluding hydrogens is 398 g/mol. The Hall–Kier alpha value is -3.55. The number of benzene rings is 2. The van der Waals surface area contributed by atoms with Crippen LogP contribution >= 0.6 is 0 Å². The van der Waals surface area contributed by atoms with E-state index in [0.717, 1.165) is 22.4 Å². The summed E-state index contributed by atoms with van der Waals surface area (Å²) in [7, 11) is 3.06. The van der Waals surface area contributed by atoms with Crippen molar-refractivity contribution in [2.45, 2.75) is 32.0 Å². The smallest absolute Gasteiger partial charge is 0.325 e. The van der Waals surface area contributed by atoms with Gasteiger partial charge in [-0.05, 0) is 35.2 Å². The molecule has 2 aliphatic rings. The Kier molecular flexibility index (Phi) is 5.79. The van der Waals surface area contributed by atoms with Crippen molar-refractivity contribution in [3.63, 3.8) is 0 Å². The topological polar surface area (TPSA) is 88.2 Å². The van der Waals surface area contributed by atoms with Crippen molar-refractivity contribution < 1.29 is 23.9 Å². The number of rotatable bonds is 6. The van der Waals surface area contributed by atoms with Crippen LogP contribution in [0.1, 0.15) is 23.1 Å². The van der Waals surface area contributed by atoms with E-state index in [4.69, 9.17) is 9.47 Å². The molecule has 4 amide bonds. The van der Waals surface area contributed by atoms with Gasteiger partial charge in [-0.15, -0.1) is 0 Å². The summed E-state index contributed by atoms with van der Waals surface area (Å²) in [4.78, 5) is 40.9. The van der Waals surface area contributed by atoms with Crippen LogP contribution in [0.2, 0.25) is 0 Å². The molecule has 0 aromatic heterocycles. The molecule has 0 radical (unpaired) electrons. The van der Waals surface area contributed by atoms with E-state index < -0.39 is 18.0 Å². The third-order valence-electron chi connectivity index (χ3n) is 5.76. The van der Waals surface area contributed by atoms with Crippen LogP contribution in [0.15, 0.2) is 42.5 Å². The lowest BCUT2D eigenvalue weighted by molar-refractivity contribution is -0.136. The van der Waals surface area contributed by atoms with Crippen molar-refractivity contribution in [3.05, 3.63) is 59.2 Å². The first-order valence-electron chi connectivity index (χ1n) is 10.2. The zero-order valence-corrected chi connectivity index (χ0v) is 17.6. The number of hydrogen-bond acceptors (Lipinski definition) is 5. The minimum atomic E-state index is -0.850. The maximum absolute atomic E-state index is 12.8. The fourth-order valence-electron chi connectivity index (χ4n) is 4.04. The molecule has 1 unspecified atom stereocenters. The van der Waals surface area contributed by atoms with Gasteiger partial charge in [0.1, 0.15) is 6.04 Å². The Bertz CT molecular complexity index is 1020. The van der Waals surface area contributed by atoms with E-state index in [1.165, 1.54) is 19.8 Å². The van der Waals surface area contributed by atoms with Crippen molar-refractivity contribution in [3.8, 4) is 11.5 Å². The van der Waals surface area contributed by atoms with Gasteiger partial charge < -0.3 is 19.7 Å². The molecule has 2 aromatic carbocycles. The molecule has 2 aromatic rings. The van der Waals surface area contributed by atoms with Crippen LogP contribution in [-0.2, 0) is 29.1 Å². The maximum atomic E-state index is 12.8. The first-order valence-corrected chi connectivity index (χ1v) is 10.2. The molecule has 162 valence electrons. The number of ether oxygens (including phenoxy) is 2. The van der Waals surface area contributed by atoms with E-state index in [1.54, 1.807) is 23.1 Å². The number of imide groups is 1. The van der Waals surface area contributed by atoms with Gasteiger partial charge in [0.2, 0.25) is 5.91 Å². The molecule has 0 saturated carbocycles. The zero-order chi connectivity index (χ0) is 22.0. The number of urea groups is 1. The largest absolute Gasteiger partial charge is 0.493 e. The summed E-state index contributed by atoms with van der Waals surface area (Å²) in [6.07, 6.45) is 0.744. The predicted molar refractivity (Wildman–Crippen MR) is 113 cm³/mol. The van der Waals surface area contributed by atoms with Gasteiger partial charge in [-0.25, -0.2) is 4.79 Å². The van der Waals surface area contributed by atoms with Crippen molar-refractivity contribution in [2.75, 3.05) is 20.8 Å². The van der Waals surface area contributed by atoms with E-state index in [0.29, 0.717) is 24.6 Å². The Balaban J connectivity index is 1.40. The van der Waals surface area contributed by atoms with Gasteiger partial charge in [-0.1, -0.05) is 30.3 Å². The van der Waals surface area contributed by atoms with E-state index in [9.17, 15) is 14.4 Å². The molecule has 0 aliphatic carbocycles. The number of amides is 4. The number of carbonyl (C=O) groups is 3. The molecule has 8 nitrogen and oxygen atoms in total. The summed E-state index contributed by atoms with van der Waals surface area (Å²) in [6, 6.07) is 11.9. The standard InChI is InChI=1S/C23H25N3O5/c1-30-19-8-7-15(11-20(19)31-2)13-26-22(28)18(24-23(26)29)12-21(27)25-10-9-16-5-3-4-6-17(16)14-25/h3-8,11,18H,9-10,12-14H2,1-2H3,(H,24,29). The summed E-state index contributed by atoms with van der Waals surface area (Å²) in [5.74, 6) is 0.547. The van der Waals surface area contributed by atoms with Crippen molar-refractivity contribution in [2.24, 2.45) is 0 Å². The second kappa shape index (κ2) is 8.67. The normalized spacial score (nSPS) is 17.9. The first kappa shape index (κ1) is 20.7. The highest BCUT2D eigenvalue weighted by molar-refractivity contribution is 6.05. The van der Waals surface area contributed by atoms with E-state index in [2.05, 4.69) is 11.4 Å². The third kappa shape index (κ3) is 4.19. The predicted octanol–water partition coefficient (Wildman–Crippen LogP) is 2.10. The molecule has 8 heteroatoms. The van der Waals surface area contributed by atoms with Crippen molar-refractivity contribution in [1.29, 1.82) is 0 Å². The minimum absolute atomic E-state index is 0.0465. The molecule has 1 N–H and O–H groups in total. The Morgan fingerprint density at radius 3 is 2.55 bits per heavy atom. The summed E-state index contributed by atoms with van der Waals surface area (Å²) < 4.78 is 10.5. The van der Waals surface area contributed by atoms with Gasteiger partial charge >= 0.3 is 6.03 Å². The molecule has 1 fully saturated rings. The molecular formula is C23H25N3O5. The summed E-state index contributed by atoms with van der Waals surface area (Å²) in [5, 5.41) is 2.65. The maximum Gasteiger partial charge on any atom is 0.325 e. The molecule has 2 heterocycles. The highest BCUT2D eigenvalue weighted by atomic mass is 16.5. The quantitative estimate of drug-likeness (QED) is 0.719. The number of nitrogens with one attached hydrogen (secondary N) is 1. The fourth-order valence-corrected chi connectivity index (χ4v) is 4.04. The number of nitrogens with zero attached hydrogens (tertiary/aromatic N) is 2. The van der Waals surface area contributed by atoms with Crippen LogP contribution in [0, 0.1) is 0 Å². The lowest BCUT2D eigenvalue weighted by Crippen LogP contribution is -2.41. The van der Waals surface area contributed by atoms with Gasteiger partial charge in [-0.2, -0.15) is 0 Å². The number of carbonyl (C=O) groups excluding carboxylic acids is 3. The molecule has 31 heavy (non-hydrogen) atoms. The molecule has 1 atom stereocenters.